The lowest BCUT2D eigenvalue weighted by molar-refractivity contribution is -0.124. The summed E-state index contributed by atoms with van der Waals surface area (Å²) in [6.07, 6.45) is 6.90. The van der Waals surface area contributed by atoms with E-state index >= 15 is 0 Å². The summed E-state index contributed by atoms with van der Waals surface area (Å²) in [7, 11) is 0. The summed E-state index contributed by atoms with van der Waals surface area (Å²) in [5, 5.41) is 3.43. The number of nitrogens with zero attached hydrogens (tertiary/aromatic N) is 1. The smallest absolute Gasteiger partial charge is 0.237 e. The van der Waals surface area contributed by atoms with Gasteiger partial charge in [0.1, 0.15) is 0 Å². The Kier molecular flexibility index (Phi) is 6.96. The van der Waals surface area contributed by atoms with Crippen molar-refractivity contribution in [2.75, 3.05) is 13.1 Å². The van der Waals surface area contributed by atoms with Crippen LogP contribution in [-0.4, -0.2) is 41.5 Å². The van der Waals surface area contributed by atoms with Crippen LogP contribution in [0.3, 0.4) is 0 Å². The quantitative estimate of drug-likeness (QED) is 0.572. The average Bonchev–Trinajstić information content (AvgIpc) is 3.16. The van der Waals surface area contributed by atoms with E-state index in [1.165, 1.54) is 32.1 Å². The van der Waals surface area contributed by atoms with E-state index in [2.05, 4.69) is 31.0 Å². The highest BCUT2D eigenvalue weighted by molar-refractivity contribution is 5.84. The zero-order valence-corrected chi connectivity index (χ0v) is 13.7. The number of carbonyl (C=O) groups is 1. The van der Waals surface area contributed by atoms with Gasteiger partial charge in [-0.3, -0.25) is 4.79 Å². The molecule has 0 aromatic rings. The Bertz CT molecular complexity index is 302. The molecule has 0 bridgehead atoms. The largest absolute Gasteiger partial charge is 0.368 e. The first-order chi connectivity index (χ1) is 9.39. The number of rotatable bonds is 11. The molecule has 4 nitrogen and oxygen atoms in total. The third-order valence-electron chi connectivity index (χ3n) is 4.32. The normalized spacial score (nSPS) is 18.5. The molecule has 1 atom stereocenters. The second kappa shape index (κ2) is 7.99. The van der Waals surface area contributed by atoms with Gasteiger partial charge < -0.3 is 16.0 Å². The average molecular weight is 283 g/mol. The van der Waals surface area contributed by atoms with E-state index < -0.39 is 5.54 Å². The number of hydrogen-bond acceptors (Lipinski definition) is 3. The third-order valence-corrected chi connectivity index (χ3v) is 4.32. The number of hydrogen-bond donors (Lipinski definition) is 2. The van der Waals surface area contributed by atoms with Crippen molar-refractivity contribution in [1.29, 1.82) is 0 Å². The van der Waals surface area contributed by atoms with Crippen molar-refractivity contribution in [3.63, 3.8) is 0 Å². The number of unbranched alkanes of at least 4 members (excludes halogenated alkanes) is 2. The van der Waals surface area contributed by atoms with Gasteiger partial charge in [0.05, 0.1) is 5.54 Å². The van der Waals surface area contributed by atoms with E-state index in [1.54, 1.807) is 0 Å². The highest BCUT2D eigenvalue weighted by atomic mass is 16.1. The van der Waals surface area contributed by atoms with E-state index in [4.69, 9.17) is 5.73 Å². The molecule has 4 heteroatoms. The number of carbonyl (C=O) groups excluding carboxylic acids is 1. The van der Waals surface area contributed by atoms with Crippen LogP contribution in [0.1, 0.15) is 66.2 Å². The fraction of sp³-hybridized carbons (Fsp3) is 0.938. The lowest BCUT2D eigenvalue weighted by atomic mass is 9.96. The molecule has 1 fully saturated rings. The first-order valence-electron chi connectivity index (χ1n) is 8.20. The van der Waals surface area contributed by atoms with Crippen LogP contribution in [0.2, 0.25) is 0 Å². The fourth-order valence-corrected chi connectivity index (χ4v) is 2.51. The van der Waals surface area contributed by atoms with Gasteiger partial charge in [0.15, 0.2) is 0 Å². The Balaban J connectivity index is 2.47. The number of nitrogens with two attached hydrogens (primary N) is 1. The van der Waals surface area contributed by atoms with Crippen molar-refractivity contribution in [3.8, 4) is 0 Å². The second-order valence-corrected chi connectivity index (χ2v) is 6.70. The summed E-state index contributed by atoms with van der Waals surface area (Å²) in [6, 6.07) is 1.02. The molecular formula is C16H33N3O. The zero-order chi connectivity index (χ0) is 15.2. The Morgan fingerprint density at radius 3 is 2.45 bits per heavy atom. The number of primary amides is 1. The van der Waals surface area contributed by atoms with Crippen molar-refractivity contribution < 1.29 is 4.79 Å². The molecule has 0 heterocycles. The molecule has 1 aliphatic rings. The Hall–Kier alpha value is -0.610. The minimum absolute atomic E-state index is 0.221. The van der Waals surface area contributed by atoms with Crippen LogP contribution in [0.4, 0.5) is 0 Å². The van der Waals surface area contributed by atoms with Crippen LogP contribution in [0.5, 0.6) is 0 Å². The van der Waals surface area contributed by atoms with E-state index in [0.29, 0.717) is 12.1 Å². The van der Waals surface area contributed by atoms with Crippen molar-refractivity contribution in [2.24, 2.45) is 5.73 Å². The van der Waals surface area contributed by atoms with E-state index in [-0.39, 0.29) is 5.91 Å². The molecule has 20 heavy (non-hydrogen) atoms. The van der Waals surface area contributed by atoms with Crippen molar-refractivity contribution in [3.05, 3.63) is 0 Å². The van der Waals surface area contributed by atoms with Crippen LogP contribution < -0.4 is 11.1 Å². The Morgan fingerprint density at radius 2 is 2.00 bits per heavy atom. The molecule has 0 radical (unpaired) electrons. The summed E-state index contributed by atoms with van der Waals surface area (Å²) in [6.45, 7) is 10.7. The summed E-state index contributed by atoms with van der Waals surface area (Å²) >= 11 is 0. The van der Waals surface area contributed by atoms with E-state index in [9.17, 15) is 4.79 Å². The predicted octanol–water partition coefficient (Wildman–Crippen LogP) is 2.27. The van der Waals surface area contributed by atoms with Gasteiger partial charge in [0.2, 0.25) is 5.91 Å². The maximum atomic E-state index is 11.8. The molecule has 1 amide bonds. The van der Waals surface area contributed by atoms with Crippen LogP contribution in [-0.2, 0) is 4.79 Å². The molecule has 0 aliphatic heterocycles. The van der Waals surface area contributed by atoms with E-state index in [0.717, 1.165) is 19.5 Å². The monoisotopic (exact) mass is 283 g/mol. The van der Waals surface area contributed by atoms with Gasteiger partial charge in [-0.2, -0.15) is 0 Å². The first-order valence-corrected chi connectivity index (χ1v) is 8.20. The number of nitrogens with one attached hydrogen (secondary N) is 1. The van der Waals surface area contributed by atoms with Gasteiger partial charge in [0, 0.05) is 18.6 Å². The van der Waals surface area contributed by atoms with Crippen molar-refractivity contribution in [2.45, 2.75) is 83.8 Å². The topological polar surface area (TPSA) is 58.4 Å². The summed E-state index contributed by atoms with van der Waals surface area (Å²) in [4.78, 5) is 14.2. The van der Waals surface area contributed by atoms with Crippen LogP contribution in [0.15, 0.2) is 0 Å². The third kappa shape index (κ3) is 5.80. The minimum Gasteiger partial charge on any atom is -0.368 e. The van der Waals surface area contributed by atoms with Gasteiger partial charge in [-0.05, 0) is 53.0 Å². The maximum absolute atomic E-state index is 11.8. The minimum atomic E-state index is -0.556. The van der Waals surface area contributed by atoms with Gasteiger partial charge in [-0.1, -0.05) is 19.8 Å². The van der Waals surface area contributed by atoms with Crippen LogP contribution in [0.25, 0.3) is 0 Å². The zero-order valence-electron chi connectivity index (χ0n) is 13.7. The van der Waals surface area contributed by atoms with Gasteiger partial charge in [0.25, 0.3) is 0 Å². The summed E-state index contributed by atoms with van der Waals surface area (Å²) < 4.78 is 0. The lowest BCUT2D eigenvalue weighted by Gasteiger charge is -2.33. The predicted molar refractivity (Wildman–Crippen MR) is 84.6 cm³/mol. The fourth-order valence-electron chi connectivity index (χ4n) is 2.51. The highest BCUT2D eigenvalue weighted by Gasteiger charge is 2.37. The molecule has 0 aromatic carbocycles. The van der Waals surface area contributed by atoms with Crippen LogP contribution >= 0.6 is 0 Å². The second-order valence-electron chi connectivity index (χ2n) is 6.70. The Labute approximate surface area is 124 Å². The molecule has 1 rings (SSSR count). The van der Waals surface area contributed by atoms with Gasteiger partial charge in [-0.25, -0.2) is 0 Å². The summed E-state index contributed by atoms with van der Waals surface area (Å²) in [5.41, 5.74) is 5.05. The highest BCUT2D eigenvalue weighted by Crippen LogP contribution is 2.24. The number of amides is 1. The van der Waals surface area contributed by atoms with Gasteiger partial charge in [-0.15, -0.1) is 0 Å². The SMILES string of the molecule is CCCCCN(CCC(C)(NC1CC1)C(N)=O)C(C)C. The van der Waals surface area contributed by atoms with E-state index in [1.807, 2.05) is 6.92 Å². The molecular weight excluding hydrogens is 250 g/mol. The molecule has 0 spiro atoms. The first kappa shape index (κ1) is 17.4. The van der Waals surface area contributed by atoms with Crippen molar-refractivity contribution in [1.82, 2.24) is 10.2 Å². The van der Waals surface area contributed by atoms with Gasteiger partial charge >= 0.3 is 0 Å². The Morgan fingerprint density at radius 1 is 1.35 bits per heavy atom. The molecule has 1 aliphatic carbocycles. The summed E-state index contributed by atoms with van der Waals surface area (Å²) in [5.74, 6) is -0.221. The molecule has 0 saturated heterocycles. The van der Waals surface area contributed by atoms with Crippen molar-refractivity contribution >= 4 is 5.91 Å². The lowest BCUT2D eigenvalue weighted by Crippen LogP contribution is -2.55. The molecule has 3 N–H and O–H groups in total. The maximum Gasteiger partial charge on any atom is 0.237 e. The molecule has 1 unspecified atom stereocenters. The standard InChI is InChI=1S/C16H33N3O/c1-5-6-7-11-19(13(2)3)12-10-16(4,15(17)20)18-14-8-9-14/h13-14,18H,5-12H2,1-4H3,(H2,17,20). The molecule has 118 valence electrons. The van der Waals surface area contributed by atoms with Crippen LogP contribution in [0, 0.1) is 0 Å². The molecule has 0 aromatic heterocycles. The molecule has 1 saturated carbocycles.